The van der Waals surface area contributed by atoms with E-state index in [-0.39, 0.29) is 17.6 Å². The first-order chi connectivity index (χ1) is 17.6. The highest BCUT2D eigenvalue weighted by atomic mass is 32.1. The van der Waals surface area contributed by atoms with Gasteiger partial charge in [-0.05, 0) is 59.7 Å². The van der Waals surface area contributed by atoms with Crippen LogP contribution in [-0.4, -0.2) is 25.6 Å². The number of aliphatic carboxylic acids is 1. The fourth-order valence-electron chi connectivity index (χ4n) is 3.85. The Morgan fingerprint density at radius 1 is 0.861 bits per heavy atom. The maximum absolute atomic E-state index is 13.7. The Bertz CT molecular complexity index is 1540. The largest absolute Gasteiger partial charge is 0.489 e. The SMILES string of the molecule is O=C(O)C(=C(Cc1ccco1)C(=O)c1ccc(OCc2ccccc2)cc1)c1ccc2nsnc2c1. The van der Waals surface area contributed by atoms with E-state index in [1.807, 2.05) is 30.3 Å². The van der Waals surface area contributed by atoms with E-state index in [1.165, 1.54) is 6.26 Å². The lowest BCUT2D eigenvalue weighted by Crippen LogP contribution is -2.14. The van der Waals surface area contributed by atoms with Crippen molar-refractivity contribution in [3.63, 3.8) is 0 Å². The minimum atomic E-state index is -1.21. The van der Waals surface area contributed by atoms with Crippen LogP contribution < -0.4 is 4.74 Å². The molecule has 0 aliphatic rings. The van der Waals surface area contributed by atoms with Crippen LogP contribution in [-0.2, 0) is 17.8 Å². The molecule has 0 saturated carbocycles. The molecule has 3 aromatic carbocycles. The molecule has 0 radical (unpaired) electrons. The first-order valence-corrected chi connectivity index (χ1v) is 11.8. The lowest BCUT2D eigenvalue weighted by Gasteiger charge is -2.13. The molecule has 0 spiro atoms. The number of Topliss-reactive ketones (excluding diaryl/α,β-unsaturated/α-hetero) is 1. The normalized spacial score (nSPS) is 11.8. The minimum absolute atomic E-state index is 0.0209. The number of carboxylic acids is 1. The molecule has 0 saturated heterocycles. The molecule has 2 heterocycles. The zero-order chi connectivity index (χ0) is 24.9. The van der Waals surface area contributed by atoms with Gasteiger partial charge in [0, 0.05) is 17.6 Å². The van der Waals surface area contributed by atoms with E-state index in [0.717, 1.165) is 17.3 Å². The Kier molecular flexibility index (Phi) is 6.68. The second-order valence-electron chi connectivity index (χ2n) is 8.01. The maximum Gasteiger partial charge on any atom is 0.336 e. The Balaban J connectivity index is 1.49. The van der Waals surface area contributed by atoms with Crippen LogP contribution in [0, 0.1) is 0 Å². The topological polar surface area (TPSA) is 103 Å². The van der Waals surface area contributed by atoms with Gasteiger partial charge in [0.1, 0.15) is 29.2 Å². The van der Waals surface area contributed by atoms with Crippen molar-refractivity contribution in [2.75, 3.05) is 0 Å². The first kappa shape index (κ1) is 23.2. The smallest absolute Gasteiger partial charge is 0.336 e. The van der Waals surface area contributed by atoms with Crippen molar-refractivity contribution in [1.82, 2.24) is 8.75 Å². The van der Waals surface area contributed by atoms with Gasteiger partial charge >= 0.3 is 5.97 Å². The summed E-state index contributed by atoms with van der Waals surface area (Å²) in [4.78, 5) is 26.1. The van der Waals surface area contributed by atoms with Crippen molar-refractivity contribution in [1.29, 1.82) is 0 Å². The quantitative estimate of drug-likeness (QED) is 0.202. The van der Waals surface area contributed by atoms with Crippen LogP contribution in [0.3, 0.4) is 0 Å². The van der Waals surface area contributed by atoms with Crippen LogP contribution in [0.5, 0.6) is 5.75 Å². The summed E-state index contributed by atoms with van der Waals surface area (Å²) < 4.78 is 19.6. The summed E-state index contributed by atoms with van der Waals surface area (Å²) in [5.41, 5.74) is 2.99. The van der Waals surface area contributed by atoms with E-state index in [0.29, 0.717) is 40.3 Å². The van der Waals surface area contributed by atoms with Crippen LogP contribution in [0.4, 0.5) is 0 Å². The van der Waals surface area contributed by atoms with Gasteiger partial charge in [0.05, 0.1) is 23.6 Å². The Hall–Kier alpha value is -4.56. The van der Waals surface area contributed by atoms with Crippen molar-refractivity contribution >= 4 is 40.1 Å². The lowest BCUT2D eigenvalue weighted by atomic mass is 9.91. The van der Waals surface area contributed by atoms with Gasteiger partial charge in [-0.1, -0.05) is 36.4 Å². The summed E-state index contributed by atoms with van der Waals surface area (Å²) >= 11 is 1.04. The molecule has 0 aliphatic carbocycles. The third-order valence-corrected chi connectivity index (χ3v) is 6.18. The second-order valence-corrected chi connectivity index (χ2v) is 8.54. The zero-order valence-corrected chi connectivity index (χ0v) is 19.8. The van der Waals surface area contributed by atoms with Crippen LogP contribution in [0.1, 0.15) is 27.2 Å². The molecule has 0 unspecified atom stereocenters. The average Bonchev–Trinajstić information content (AvgIpc) is 3.59. The third kappa shape index (κ3) is 5.08. The van der Waals surface area contributed by atoms with Crippen molar-refractivity contribution in [2.24, 2.45) is 0 Å². The molecule has 5 rings (SSSR count). The average molecular weight is 497 g/mol. The summed E-state index contributed by atoms with van der Waals surface area (Å²) in [6, 6.07) is 24.8. The van der Waals surface area contributed by atoms with E-state index >= 15 is 0 Å². The highest BCUT2D eigenvalue weighted by Crippen LogP contribution is 2.28. The molecule has 178 valence electrons. The Morgan fingerprint density at radius 2 is 1.61 bits per heavy atom. The van der Waals surface area contributed by atoms with Gasteiger partial charge in [0.15, 0.2) is 5.78 Å². The number of hydrogen-bond acceptors (Lipinski definition) is 7. The molecule has 1 N–H and O–H groups in total. The lowest BCUT2D eigenvalue weighted by molar-refractivity contribution is -0.130. The molecule has 36 heavy (non-hydrogen) atoms. The van der Waals surface area contributed by atoms with Crippen LogP contribution >= 0.6 is 11.7 Å². The molecular formula is C28H20N2O5S. The van der Waals surface area contributed by atoms with E-state index < -0.39 is 11.8 Å². The number of furan rings is 1. The van der Waals surface area contributed by atoms with Crippen LogP contribution in [0.2, 0.25) is 0 Å². The number of nitrogens with zero attached hydrogens (tertiary/aromatic N) is 2. The van der Waals surface area contributed by atoms with Crippen molar-refractivity contribution in [3.8, 4) is 5.75 Å². The Morgan fingerprint density at radius 3 is 2.33 bits per heavy atom. The molecule has 0 bridgehead atoms. The zero-order valence-electron chi connectivity index (χ0n) is 19.0. The predicted octanol–water partition coefficient (Wildman–Crippen LogP) is 5.83. The first-order valence-electron chi connectivity index (χ1n) is 11.1. The molecule has 0 aliphatic heterocycles. The predicted molar refractivity (Wildman–Crippen MR) is 136 cm³/mol. The van der Waals surface area contributed by atoms with Crippen molar-refractivity contribution in [3.05, 3.63) is 119 Å². The van der Waals surface area contributed by atoms with Gasteiger partial charge in [-0.15, -0.1) is 0 Å². The van der Waals surface area contributed by atoms with Crippen molar-refractivity contribution in [2.45, 2.75) is 13.0 Å². The monoisotopic (exact) mass is 496 g/mol. The molecular weight excluding hydrogens is 476 g/mol. The van der Waals surface area contributed by atoms with Crippen LogP contribution in [0.15, 0.2) is 101 Å². The summed E-state index contributed by atoms with van der Waals surface area (Å²) in [5.74, 6) is -0.534. The summed E-state index contributed by atoms with van der Waals surface area (Å²) in [7, 11) is 0. The fourth-order valence-corrected chi connectivity index (χ4v) is 4.37. The fraction of sp³-hybridized carbons (Fsp3) is 0.0714. The van der Waals surface area contributed by atoms with E-state index in [4.69, 9.17) is 9.15 Å². The number of fused-ring (bicyclic) bond motifs is 1. The van der Waals surface area contributed by atoms with Gasteiger partial charge < -0.3 is 14.3 Å². The van der Waals surface area contributed by atoms with Gasteiger partial charge in [0.2, 0.25) is 0 Å². The number of ketones is 1. The summed E-state index contributed by atoms with van der Waals surface area (Å²) in [5, 5.41) is 10.2. The standard InChI is InChI=1S/C28H20N2O5S/c31-27(19-8-11-21(12-9-19)35-17-18-5-2-1-3-6-18)23(16-22-7-4-14-34-22)26(28(32)33)20-10-13-24-25(15-20)30-36-29-24/h1-15H,16-17H2,(H,32,33). The molecule has 2 aromatic heterocycles. The van der Waals surface area contributed by atoms with Crippen molar-refractivity contribution < 1.29 is 23.8 Å². The van der Waals surface area contributed by atoms with Crippen LogP contribution in [0.25, 0.3) is 16.6 Å². The summed E-state index contributed by atoms with van der Waals surface area (Å²) in [6.07, 6.45) is 1.51. The number of aromatic nitrogens is 2. The Labute approximate surface area is 210 Å². The highest BCUT2D eigenvalue weighted by molar-refractivity contribution is 7.00. The number of ether oxygens (including phenoxy) is 1. The number of allylic oxidation sites excluding steroid dienone is 1. The van der Waals surface area contributed by atoms with E-state index in [9.17, 15) is 14.7 Å². The molecule has 0 atom stereocenters. The second kappa shape index (κ2) is 10.4. The number of hydrogen-bond donors (Lipinski definition) is 1. The van der Waals surface area contributed by atoms with Gasteiger partial charge in [-0.25, -0.2) is 4.79 Å². The van der Waals surface area contributed by atoms with Gasteiger partial charge in [-0.2, -0.15) is 8.75 Å². The number of rotatable bonds is 9. The molecule has 0 fully saturated rings. The molecule has 5 aromatic rings. The highest BCUT2D eigenvalue weighted by Gasteiger charge is 2.25. The summed E-state index contributed by atoms with van der Waals surface area (Å²) in [6.45, 7) is 0.398. The molecule has 8 heteroatoms. The molecule has 0 amide bonds. The van der Waals surface area contributed by atoms with E-state index in [1.54, 1.807) is 54.6 Å². The maximum atomic E-state index is 13.7. The van der Waals surface area contributed by atoms with E-state index in [2.05, 4.69) is 8.75 Å². The molecule has 7 nitrogen and oxygen atoms in total. The third-order valence-electron chi connectivity index (χ3n) is 5.63. The number of benzene rings is 3. The number of carbonyl (C=O) groups is 2. The number of carbonyl (C=O) groups excluding carboxylic acids is 1. The van der Waals surface area contributed by atoms with Gasteiger partial charge in [0.25, 0.3) is 0 Å². The number of carboxylic acid groups (broad SMARTS) is 1. The van der Waals surface area contributed by atoms with Gasteiger partial charge in [-0.3, -0.25) is 4.79 Å². The minimum Gasteiger partial charge on any atom is -0.489 e.